The Labute approximate surface area is 275 Å². The number of urea groups is 1. The third-order valence-corrected chi connectivity index (χ3v) is 11.2. The lowest BCUT2D eigenvalue weighted by Gasteiger charge is -2.57. The number of benzene rings is 3. The molecule has 43 heavy (non-hydrogen) atoms. The van der Waals surface area contributed by atoms with E-state index in [9.17, 15) is 14.4 Å². The van der Waals surface area contributed by atoms with Crippen LogP contribution in [0.2, 0.25) is 0 Å². The van der Waals surface area contributed by atoms with Crippen molar-refractivity contribution in [2.75, 3.05) is 4.90 Å². The Morgan fingerprint density at radius 3 is 2.00 bits per heavy atom. The quantitative estimate of drug-likeness (QED) is 0.201. The van der Waals surface area contributed by atoms with Gasteiger partial charge < -0.3 is 4.74 Å². The number of amides is 4. The van der Waals surface area contributed by atoms with Crippen LogP contribution in [0.25, 0.3) is 6.08 Å². The van der Waals surface area contributed by atoms with Gasteiger partial charge in [0.2, 0.25) is 0 Å². The highest BCUT2D eigenvalue weighted by Crippen LogP contribution is 2.60. The minimum Gasteiger partial charge on any atom is -0.487 e. The zero-order valence-corrected chi connectivity index (χ0v) is 28.0. The minimum absolute atomic E-state index is 0.118. The molecule has 4 aliphatic carbocycles. The van der Waals surface area contributed by atoms with Gasteiger partial charge in [0.1, 0.15) is 17.9 Å². The van der Waals surface area contributed by atoms with Crippen molar-refractivity contribution in [2.24, 2.45) is 17.8 Å². The molecule has 3 aromatic rings. The minimum atomic E-state index is -0.742. The molecule has 5 fully saturated rings. The molecule has 0 spiro atoms. The molecule has 4 bridgehead atoms. The third-order valence-electron chi connectivity index (χ3n) is 9.51. The molecule has 6 nitrogen and oxygen atoms in total. The van der Waals surface area contributed by atoms with Gasteiger partial charge in [0.25, 0.3) is 11.8 Å². The van der Waals surface area contributed by atoms with E-state index >= 15 is 0 Å². The third kappa shape index (κ3) is 5.53. The fourth-order valence-corrected chi connectivity index (χ4v) is 9.74. The van der Waals surface area contributed by atoms with Crippen molar-refractivity contribution in [3.63, 3.8) is 0 Å². The number of imide groups is 2. The normalized spacial score (nSPS) is 27.1. The Hall–Kier alpha value is -2.75. The van der Waals surface area contributed by atoms with Crippen LogP contribution >= 0.6 is 47.8 Å². The molecular weight excluding hydrogens is 740 g/mol. The van der Waals surface area contributed by atoms with Gasteiger partial charge in [-0.25, -0.2) is 9.69 Å². The molecule has 9 heteroatoms. The second-order valence-electron chi connectivity index (χ2n) is 12.4. The predicted octanol–water partition coefficient (Wildman–Crippen LogP) is 8.69. The molecule has 1 N–H and O–H groups in total. The maximum Gasteiger partial charge on any atom is 0.335 e. The van der Waals surface area contributed by atoms with Crippen molar-refractivity contribution >= 4 is 77.4 Å². The van der Waals surface area contributed by atoms with Gasteiger partial charge in [0.15, 0.2) is 0 Å². The first-order valence-electron chi connectivity index (χ1n) is 14.6. The summed E-state index contributed by atoms with van der Waals surface area (Å²) in [5.41, 5.74) is 3.47. The van der Waals surface area contributed by atoms with Crippen LogP contribution in [0.4, 0.5) is 10.5 Å². The largest absolute Gasteiger partial charge is 0.487 e. The second kappa shape index (κ2) is 11.3. The molecule has 0 radical (unpaired) electrons. The number of anilines is 1. The number of barbiturate groups is 1. The number of halogens is 3. The lowest BCUT2D eigenvalue weighted by atomic mass is 9.48. The maximum atomic E-state index is 13.6. The van der Waals surface area contributed by atoms with Gasteiger partial charge in [-0.3, -0.25) is 14.9 Å². The first-order valence-corrected chi connectivity index (χ1v) is 16.9. The Kier molecular flexibility index (Phi) is 7.63. The molecule has 1 saturated heterocycles. The van der Waals surface area contributed by atoms with E-state index in [4.69, 9.17) is 4.74 Å². The molecule has 1 heterocycles. The van der Waals surface area contributed by atoms with Gasteiger partial charge in [-0.05, 0) is 153 Å². The van der Waals surface area contributed by atoms with Gasteiger partial charge in [0, 0.05) is 4.47 Å². The molecule has 4 amide bonds. The SMILES string of the molecule is O=C1NC(=O)N(c2ccc(C34CC5CC(CC(C5)C3)C4)cc2)C(=O)/C1=C/c1cc(Br)c(OCc2ccc(Br)cc2)c(Br)c1. The Morgan fingerprint density at radius 2 is 1.42 bits per heavy atom. The van der Waals surface area contributed by atoms with E-state index < -0.39 is 17.8 Å². The summed E-state index contributed by atoms with van der Waals surface area (Å²) in [6.45, 7) is 0.366. The monoisotopic (exact) mass is 766 g/mol. The van der Waals surface area contributed by atoms with Crippen LogP contribution in [-0.4, -0.2) is 17.8 Å². The summed E-state index contributed by atoms with van der Waals surface area (Å²) >= 11 is 10.6. The van der Waals surface area contributed by atoms with Crippen LogP contribution in [0.3, 0.4) is 0 Å². The number of ether oxygens (including phenoxy) is 1. The number of hydrogen-bond donors (Lipinski definition) is 1. The van der Waals surface area contributed by atoms with Gasteiger partial charge in [-0.2, -0.15) is 0 Å². The Morgan fingerprint density at radius 1 is 0.837 bits per heavy atom. The van der Waals surface area contributed by atoms with Gasteiger partial charge >= 0.3 is 6.03 Å². The van der Waals surface area contributed by atoms with E-state index in [1.54, 1.807) is 12.1 Å². The number of carbonyl (C=O) groups excluding carboxylic acids is 3. The summed E-state index contributed by atoms with van der Waals surface area (Å²) in [5, 5.41) is 2.34. The molecule has 1 aliphatic heterocycles. The molecule has 220 valence electrons. The second-order valence-corrected chi connectivity index (χ2v) is 15.1. The van der Waals surface area contributed by atoms with Crippen molar-refractivity contribution in [2.45, 2.75) is 50.5 Å². The van der Waals surface area contributed by atoms with Crippen LogP contribution < -0.4 is 15.0 Å². The van der Waals surface area contributed by atoms with Crippen LogP contribution in [0, 0.1) is 17.8 Å². The molecule has 0 aromatic heterocycles. The number of hydrogen-bond acceptors (Lipinski definition) is 4. The lowest BCUT2D eigenvalue weighted by molar-refractivity contribution is -0.122. The van der Waals surface area contributed by atoms with E-state index in [1.807, 2.05) is 36.4 Å². The first kappa shape index (κ1) is 29.0. The van der Waals surface area contributed by atoms with Crippen LogP contribution in [0.15, 0.2) is 79.7 Å². The van der Waals surface area contributed by atoms with Crippen molar-refractivity contribution < 1.29 is 19.1 Å². The standard InChI is InChI=1S/C34H29Br3N2O4/c35-25-5-1-19(2-6-25)18-43-30-28(36)13-20(14-29(30)37)12-27-31(40)38-33(42)39(32(27)41)26-7-3-24(4-8-26)34-15-21-9-22(16-34)11-23(10-21)17-34/h1-8,12-14,21-23H,9-11,15-18H2,(H,38,40,42)/b27-12+. The zero-order valence-electron chi connectivity index (χ0n) is 23.2. The summed E-state index contributed by atoms with van der Waals surface area (Å²) in [7, 11) is 0. The van der Waals surface area contributed by atoms with Crippen molar-refractivity contribution in [3.05, 3.63) is 96.3 Å². The van der Waals surface area contributed by atoms with Crippen molar-refractivity contribution in [1.29, 1.82) is 0 Å². The fraction of sp³-hybridized carbons (Fsp3) is 0.324. The lowest BCUT2D eigenvalue weighted by Crippen LogP contribution is -2.54. The molecule has 5 aliphatic rings. The molecule has 8 rings (SSSR count). The highest BCUT2D eigenvalue weighted by molar-refractivity contribution is 9.11. The molecule has 0 unspecified atom stereocenters. The molecular formula is C34H29Br3N2O4. The summed E-state index contributed by atoms with van der Waals surface area (Å²) in [5.74, 6) is 1.70. The first-order chi connectivity index (χ1) is 20.7. The molecule has 3 aromatic carbocycles. The topological polar surface area (TPSA) is 75.7 Å². The number of nitrogens with zero attached hydrogens (tertiary/aromatic N) is 1. The molecule has 4 saturated carbocycles. The van der Waals surface area contributed by atoms with E-state index in [-0.39, 0.29) is 11.0 Å². The van der Waals surface area contributed by atoms with E-state index in [2.05, 4.69) is 65.2 Å². The Balaban J connectivity index is 1.11. The van der Waals surface area contributed by atoms with Crippen LogP contribution in [0.1, 0.15) is 55.2 Å². The van der Waals surface area contributed by atoms with E-state index in [0.29, 0.717) is 32.6 Å². The van der Waals surface area contributed by atoms with E-state index in [0.717, 1.165) is 32.7 Å². The van der Waals surface area contributed by atoms with Gasteiger partial charge in [-0.15, -0.1) is 0 Å². The highest BCUT2D eigenvalue weighted by atomic mass is 79.9. The van der Waals surface area contributed by atoms with Crippen LogP contribution in [-0.2, 0) is 21.6 Å². The highest BCUT2D eigenvalue weighted by Gasteiger charge is 2.51. The van der Waals surface area contributed by atoms with Gasteiger partial charge in [0.05, 0.1) is 14.6 Å². The van der Waals surface area contributed by atoms with Crippen molar-refractivity contribution in [1.82, 2.24) is 5.32 Å². The smallest absolute Gasteiger partial charge is 0.335 e. The average molecular weight is 769 g/mol. The summed E-state index contributed by atoms with van der Waals surface area (Å²) in [6.07, 6.45) is 9.33. The Bertz CT molecular complexity index is 1610. The average Bonchev–Trinajstić information content (AvgIpc) is 2.95. The number of nitrogens with one attached hydrogen (secondary N) is 1. The van der Waals surface area contributed by atoms with Gasteiger partial charge in [-0.1, -0.05) is 40.2 Å². The number of carbonyl (C=O) groups is 3. The zero-order chi connectivity index (χ0) is 29.9. The summed E-state index contributed by atoms with van der Waals surface area (Å²) in [6, 6.07) is 18.5. The summed E-state index contributed by atoms with van der Waals surface area (Å²) in [4.78, 5) is 40.4. The van der Waals surface area contributed by atoms with Crippen LogP contribution in [0.5, 0.6) is 5.75 Å². The van der Waals surface area contributed by atoms with Crippen molar-refractivity contribution in [3.8, 4) is 5.75 Å². The summed E-state index contributed by atoms with van der Waals surface area (Å²) < 4.78 is 8.33. The molecule has 0 atom stereocenters. The predicted molar refractivity (Wildman–Crippen MR) is 176 cm³/mol. The van der Waals surface area contributed by atoms with E-state index in [1.165, 1.54) is 50.2 Å². The maximum absolute atomic E-state index is 13.6. The number of rotatable bonds is 6. The fourth-order valence-electron chi connectivity index (χ4n) is 8.02.